The Kier molecular flexibility index (Phi) is 7.20. The van der Waals surface area contributed by atoms with E-state index in [1.807, 2.05) is 38.1 Å². The molecule has 1 unspecified atom stereocenters. The number of nitrogens with one attached hydrogen (secondary N) is 2. The van der Waals surface area contributed by atoms with Gasteiger partial charge in [0.05, 0.1) is 5.92 Å². The highest BCUT2D eigenvalue weighted by atomic mass is 16.5. The van der Waals surface area contributed by atoms with Crippen molar-refractivity contribution in [1.29, 1.82) is 0 Å². The summed E-state index contributed by atoms with van der Waals surface area (Å²) in [5.74, 6) is -1.47. The van der Waals surface area contributed by atoms with Gasteiger partial charge in [-0.1, -0.05) is 62.4 Å². The van der Waals surface area contributed by atoms with E-state index in [9.17, 15) is 19.5 Å². The van der Waals surface area contributed by atoms with E-state index in [0.29, 0.717) is 19.3 Å². The second kappa shape index (κ2) is 10.3. The zero-order valence-corrected chi connectivity index (χ0v) is 19.6. The maximum absolute atomic E-state index is 12.4. The number of alkyl carbamates (subject to hydrolysis) is 1. The van der Waals surface area contributed by atoms with Crippen molar-refractivity contribution >= 4 is 18.0 Å². The molecule has 2 aliphatic rings. The van der Waals surface area contributed by atoms with E-state index in [4.69, 9.17) is 4.74 Å². The predicted octanol–water partition coefficient (Wildman–Crippen LogP) is 4.17. The summed E-state index contributed by atoms with van der Waals surface area (Å²) in [6, 6.07) is 16.4. The van der Waals surface area contributed by atoms with E-state index in [-0.39, 0.29) is 42.9 Å². The molecule has 0 aromatic heterocycles. The number of carbonyl (C=O) groups excluding carboxylic acids is 2. The van der Waals surface area contributed by atoms with Crippen molar-refractivity contribution in [3.8, 4) is 11.1 Å². The van der Waals surface area contributed by atoms with Gasteiger partial charge in [0.1, 0.15) is 6.61 Å². The molecule has 2 aromatic rings. The Balaban J connectivity index is 1.19. The number of carboxylic acids is 1. The van der Waals surface area contributed by atoms with Gasteiger partial charge in [0.15, 0.2) is 0 Å². The lowest BCUT2D eigenvalue weighted by Gasteiger charge is -2.35. The largest absolute Gasteiger partial charge is 0.481 e. The molecule has 7 nitrogen and oxygen atoms in total. The molecular formula is C27H32N2O5. The van der Waals surface area contributed by atoms with Crippen LogP contribution in [0.3, 0.4) is 0 Å². The standard InChI is InChI=1S/C27H32N2O5/c1-16(2)23(26(31)32)14-28-25(30)13-17-11-18(12-17)29-27(33)34-15-24-21-9-5-3-7-19(21)20-8-4-6-10-22(20)24/h3-10,16-18,23-24H,11-15H2,1-2H3,(H,28,30)(H,29,33)(H,31,32). The van der Waals surface area contributed by atoms with Crippen LogP contribution in [-0.4, -0.2) is 42.3 Å². The number of aliphatic carboxylic acids is 1. The monoisotopic (exact) mass is 464 g/mol. The summed E-state index contributed by atoms with van der Waals surface area (Å²) in [6.45, 7) is 4.08. The average molecular weight is 465 g/mol. The third-order valence-electron chi connectivity index (χ3n) is 7.02. The molecule has 2 amide bonds. The van der Waals surface area contributed by atoms with Gasteiger partial charge in [-0.2, -0.15) is 0 Å². The third-order valence-corrected chi connectivity index (χ3v) is 7.02. The van der Waals surface area contributed by atoms with Gasteiger partial charge in [0, 0.05) is 24.9 Å². The smallest absolute Gasteiger partial charge is 0.407 e. The highest BCUT2D eigenvalue weighted by Crippen LogP contribution is 2.44. The van der Waals surface area contributed by atoms with Crippen molar-refractivity contribution in [2.75, 3.05) is 13.2 Å². The summed E-state index contributed by atoms with van der Waals surface area (Å²) in [7, 11) is 0. The molecule has 1 atom stereocenters. The van der Waals surface area contributed by atoms with Gasteiger partial charge in [0.2, 0.25) is 5.91 Å². The summed E-state index contributed by atoms with van der Waals surface area (Å²) < 4.78 is 5.59. The predicted molar refractivity (Wildman–Crippen MR) is 128 cm³/mol. The number of benzene rings is 2. The highest BCUT2D eigenvalue weighted by molar-refractivity contribution is 5.79. The molecule has 0 saturated heterocycles. The normalized spacial score (nSPS) is 19.5. The van der Waals surface area contributed by atoms with Gasteiger partial charge < -0.3 is 20.5 Å². The Morgan fingerprint density at radius 3 is 2.15 bits per heavy atom. The van der Waals surface area contributed by atoms with Gasteiger partial charge in [0.25, 0.3) is 0 Å². The number of rotatable bonds is 9. The minimum absolute atomic E-state index is 0.00381. The lowest BCUT2D eigenvalue weighted by atomic mass is 9.78. The second-order valence-electron chi connectivity index (χ2n) is 9.70. The van der Waals surface area contributed by atoms with Gasteiger partial charge in [-0.05, 0) is 46.9 Å². The lowest BCUT2D eigenvalue weighted by molar-refractivity contribution is -0.143. The lowest BCUT2D eigenvalue weighted by Crippen LogP contribution is -2.46. The molecule has 0 heterocycles. The number of carbonyl (C=O) groups is 3. The Morgan fingerprint density at radius 1 is 1.00 bits per heavy atom. The molecular weight excluding hydrogens is 432 g/mol. The molecule has 180 valence electrons. The topological polar surface area (TPSA) is 105 Å². The van der Waals surface area contributed by atoms with Gasteiger partial charge in [-0.3, -0.25) is 9.59 Å². The third kappa shape index (κ3) is 5.24. The average Bonchev–Trinajstić information content (AvgIpc) is 3.09. The van der Waals surface area contributed by atoms with Crippen molar-refractivity contribution in [3.63, 3.8) is 0 Å². The molecule has 0 aliphatic heterocycles. The Labute approximate surface area is 199 Å². The zero-order valence-electron chi connectivity index (χ0n) is 19.6. The summed E-state index contributed by atoms with van der Waals surface area (Å²) in [4.78, 5) is 35.8. The number of fused-ring (bicyclic) bond motifs is 3. The van der Waals surface area contributed by atoms with Crippen LogP contribution in [0.5, 0.6) is 0 Å². The van der Waals surface area contributed by atoms with Crippen LogP contribution in [0.15, 0.2) is 48.5 Å². The summed E-state index contributed by atoms with van der Waals surface area (Å²) >= 11 is 0. The number of hydrogen-bond donors (Lipinski definition) is 3. The van der Waals surface area contributed by atoms with Crippen LogP contribution in [0, 0.1) is 17.8 Å². The van der Waals surface area contributed by atoms with Crippen LogP contribution in [0.4, 0.5) is 4.79 Å². The van der Waals surface area contributed by atoms with Crippen molar-refractivity contribution in [3.05, 3.63) is 59.7 Å². The van der Waals surface area contributed by atoms with Crippen molar-refractivity contribution < 1.29 is 24.2 Å². The molecule has 34 heavy (non-hydrogen) atoms. The fourth-order valence-electron chi connectivity index (χ4n) is 4.99. The van der Waals surface area contributed by atoms with Crippen molar-refractivity contribution in [2.45, 2.75) is 45.1 Å². The molecule has 2 aliphatic carbocycles. The maximum atomic E-state index is 12.4. The van der Waals surface area contributed by atoms with Crippen LogP contribution in [0.1, 0.15) is 50.2 Å². The van der Waals surface area contributed by atoms with Crippen LogP contribution in [0.25, 0.3) is 11.1 Å². The Morgan fingerprint density at radius 2 is 1.59 bits per heavy atom. The van der Waals surface area contributed by atoms with Crippen LogP contribution < -0.4 is 10.6 Å². The van der Waals surface area contributed by atoms with Crippen molar-refractivity contribution in [2.24, 2.45) is 17.8 Å². The van der Waals surface area contributed by atoms with Crippen LogP contribution in [0.2, 0.25) is 0 Å². The SMILES string of the molecule is CC(C)C(CNC(=O)CC1CC(NC(=O)OCC2c3ccccc3-c3ccccc32)C1)C(=O)O. The molecule has 1 fully saturated rings. The second-order valence-corrected chi connectivity index (χ2v) is 9.70. The number of ether oxygens (including phenoxy) is 1. The van der Waals surface area contributed by atoms with E-state index in [1.165, 1.54) is 22.3 Å². The number of hydrogen-bond acceptors (Lipinski definition) is 4. The van der Waals surface area contributed by atoms with E-state index in [0.717, 1.165) is 0 Å². The van der Waals surface area contributed by atoms with Gasteiger partial charge >= 0.3 is 12.1 Å². The first kappa shape index (κ1) is 23.8. The van der Waals surface area contributed by atoms with Gasteiger partial charge in [-0.15, -0.1) is 0 Å². The number of carboxylic acid groups (broad SMARTS) is 1. The van der Waals surface area contributed by atoms with Crippen molar-refractivity contribution in [1.82, 2.24) is 10.6 Å². The molecule has 0 bridgehead atoms. The summed E-state index contributed by atoms with van der Waals surface area (Å²) in [5.41, 5.74) is 4.73. The molecule has 7 heteroatoms. The quantitative estimate of drug-likeness (QED) is 0.517. The molecule has 1 saturated carbocycles. The first-order valence-corrected chi connectivity index (χ1v) is 11.9. The molecule has 2 aromatic carbocycles. The molecule has 4 rings (SSSR count). The highest BCUT2D eigenvalue weighted by Gasteiger charge is 2.33. The first-order valence-electron chi connectivity index (χ1n) is 11.9. The Hall–Kier alpha value is -3.35. The fourth-order valence-corrected chi connectivity index (χ4v) is 4.99. The summed E-state index contributed by atoms with van der Waals surface area (Å²) in [6.07, 6.45) is 1.33. The van der Waals surface area contributed by atoms with Crippen LogP contribution in [-0.2, 0) is 14.3 Å². The maximum Gasteiger partial charge on any atom is 0.407 e. The Bertz CT molecular complexity index is 1010. The molecule has 3 N–H and O–H groups in total. The first-order chi connectivity index (χ1) is 16.3. The molecule has 0 radical (unpaired) electrons. The minimum Gasteiger partial charge on any atom is -0.481 e. The fraction of sp³-hybridized carbons (Fsp3) is 0.444. The number of amides is 2. The zero-order chi connectivity index (χ0) is 24.2. The minimum atomic E-state index is -0.897. The van der Waals surface area contributed by atoms with E-state index in [2.05, 4.69) is 34.9 Å². The van der Waals surface area contributed by atoms with Crippen LogP contribution >= 0.6 is 0 Å². The van der Waals surface area contributed by atoms with E-state index < -0.39 is 18.0 Å². The summed E-state index contributed by atoms with van der Waals surface area (Å²) in [5, 5.41) is 14.9. The van der Waals surface area contributed by atoms with E-state index in [1.54, 1.807) is 0 Å². The van der Waals surface area contributed by atoms with E-state index >= 15 is 0 Å². The molecule has 0 spiro atoms. The van der Waals surface area contributed by atoms with Gasteiger partial charge in [-0.25, -0.2) is 4.79 Å².